The molecule has 0 saturated heterocycles. The van der Waals surface area contributed by atoms with Gasteiger partial charge in [-0.05, 0) is 55.2 Å². The maximum absolute atomic E-state index is 13.4. The van der Waals surface area contributed by atoms with Crippen molar-refractivity contribution < 1.29 is 13.5 Å². The predicted octanol–water partition coefficient (Wildman–Crippen LogP) is 2.71. The first-order valence-electron chi connectivity index (χ1n) is 10.7. The lowest BCUT2D eigenvalue weighted by molar-refractivity contribution is 0.297. The van der Waals surface area contributed by atoms with Crippen molar-refractivity contribution in [2.45, 2.75) is 25.9 Å². The normalized spacial score (nSPS) is 13.8. The van der Waals surface area contributed by atoms with Crippen LogP contribution < -0.4 is 16.2 Å². The third-order valence-electron chi connectivity index (χ3n) is 5.73. The maximum Gasteiger partial charge on any atom is 0.330 e. The van der Waals surface area contributed by atoms with Crippen molar-refractivity contribution in [1.29, 1.82) is 0 Å². The fourth-order valence-corrected chi connectivity index (χ4v) is 3.92. The lowest BCUT2D eigenvalue weighted by atomic mass is 10.3. The summed E-state index contributed by atoms with van der Waals surface area (Å²) in [6.07, 6.45) is 3.70. The summed E-state index contributed by atoms with van der Waals surface area (Å²) in [4.78, 5) is 22.5. The number of nitrogen functional groups attached to an aromatic ring is 1. The number of aromatic nitrogens is 6. The second-order valence-electron chi connectivity index (χ2n) is 8.08. The third kappa shape index (κ3) is 3.41. The van der Waals surface area contributed by atoms with Crippen LogP contribution in [-0.2, 0) is 13.1 Å². The van der Waals surface area contributed by atoms with Crippen LogP contribution in [-0.4, -0.2) is 35.3 Å². The molecule has 11 heteroatoms. The Hall–Kier alpha value is -4.15. The molecular formula is C22H20FN7O3. The van der Waals surface area contributed by atoms with Crippen molar-refractivity contribution in [1.82, 2.24) is 28.7 Å². The molecule has 4 aromatic heterocycles. The molecule has 1 fully saturated rings. The van der Waals surface area contributed by atoms with Crippen LogP contribution in [0.4, 0.5) is 10.3 Å². The quantitative estimate of drug-likeness (QED) is 0.406. The van der Waals surface area contributed by atoms with Gasteiger partial charge in [-0.3, -0.25) is 9.13 Å². The first-order valence-corrected chi connectivity index (χ1v) is 10.7. The van der Waals surface area contributed by atoms with Gasteiger partial charge in [0.05, 0.1) is 12.8 Å². The van der Waals surface area contributed by atoms with Crippen LogP contribution in [0.5, 0.6) is 5.75 Å². The molecule has 0 radical (unpaired) electrons. The largest absolute Gasteiger partial charge is 0.492 e. The number of rotatable bonds is 7. The highest BCUT2D eigenvalue weighted by atomic mass is 19.1. The summed E-state index contributed by atoms with van der Waals surface area (Å²) in [6, 6.07) is 9.23. The number of benzene rings is 1. The van der Waals surface area contributed by atoms with E-state index in [4.69, 9.17) is 14.9 Å². The van der Waals surface area contributed by atoms with Crippen LogP contribution in [0.1, 0.15) is 12.8 Å². The number of furan rings is 1. The molecule has 10 nitrogen and oxygen atoms in total. The fourth-order valence-electron chi connectivity index (χ4n) is 3.92. The van der Waals surface area contributed by atoms with E-state index in [-0.39, 0.29) is 30.6 Å². The summed E-state index contributed by atoms with van der Waals surface area (Å²) in [5, 5.41) is 4.43. The molecule has 0 amide bonds. The molecule has 0 unspecified atom stereocenters. The minimum Gasteiger partial charge on any atom is -0.492 e. The smallest absolute Gasteiger partial charge is 0.330 e. The number of nitrogens with zero attached hydrogens (tertiary/aromatic N) is 6. The SMILES string of the molecule is Nc1nc2c(c3nc(-c4ccco4)nn13)n(CC1CC1)c(=O)n2CCOc1ccc(F)cc1. The number of ether oxygens (including phenoxy) is 1. The van der Waals surface area contributed by atoms with Crippen LogP contribution >= 0.6 is 0 Å². The van der Waals surface area contributed by atoms with E-state index in [0.717, 1.165) is 12.8 Å². The van der Waals surface area contributed by atoms with E-state index in [9.17, 15) is 9.18 Å². The van der Waals surface area contributed by atoms with Crippen LogP contribution in [0.15, 0.2) is 51.9 Å². The molecule has 2 N–H and O–H groups in total. The number of halogens is 1. The van der Waals surface area contributed by atoms with E-state index in [1.165, 1.54) is 16.6 Å². The van der Waals surface area contributed by atoms with Crippen molar-refractivity contribution in [3.63, 3.8) is 0 Å². The lowest BCUT2D eigenvalue weighted by Gasteiger charge is -2.07. The predicted molar refractivity (Wildman–Crippen MR) is 117 cm³/mol. The van der Waals surface area contributed by atoms with Crippen molar-refractivity contribution in [3.8, 4) is 17.3 Å². The van der Waals surface area contributed by atoms with Gasteiger partial charge in [-0.1, -0.05) is 0 Å². The zero-order valence-corrected chi connectivity index (χ0v) is 17.5. The average Bonchev–Trinajstić information content (AvgIpc) is 3.19. The minimum atomic E-state index is -0.340. The molecule has 4 heterocycles. The maximum atomic E-state index is 13.4. The zero-order chi connectivity index (χ0) is 22.5. The lowest BCUT2D eigenvalue weighted by Crippen LogP contribution is -2.27. The minimum absolute atomic E-state index is 0.111. The highest BCUT2D eigenvalue weighted by Crippen LogP contribution is 2.32. The van der Waals surface area contributed by atoms with Crippen molar-refractivity contribution in [3.05, 3.63) is 59.0 Å². The van der Waals surface area contributed by atoms with Crippen molar-refractivity contribution in [2.75, 3.05) is 12.3 Å². The summed E-state index contributed by atoms with van der Waals surface area (Å²) >= 11 is 0. The van der Waals surface area contributed by atoms with E-state index in [1.807, 2.05) is 0 Å². The average molecular weight is 449 g/mol. The van der Waals surface area contributed by atoms with E-state index >= 15 is 0 Å². The molecule has 0 atom stereocenters. The van der Waals surface area contributed by atoms with Gasteiger partial charge < -0.3 is 14.9 Å². The molecular weight excluding hydrogens is 429 g/mol. The highest BCUT2D eigenvalue weighted by Gasteiger charge is 2.28. The topological polar surface area (TPSA) is 118 Å². The summed E-state index contributed by atoms with van der Waals surface area (Å²) in [5.41, 5.74) is 7.43. The first kappa shape index (κ1) is 19.5. The van der Waals surface area contributed by atoms with Gasteiger partial charge in [0.1, 0.15) is 23.7 Å². The molecule has 0 spiro atoms. The van der Waals surface area contributed by atoms with E-state index < -0.39 is 0 Å². The number of anilines is 1. The fraction of sp³-hybridized carbons (Fsp3) is 0.273. The van der Waals surface area contributed by atoms with Gasteiger partial charge in [0.15, 0.2) is 17.1 Å². The monoisotopic (exact) mass is 449 g/mol. The first-order chi connectivity index (χ1) is 16.1. The van der Waals surface area contributed by atoms with Crippen molar-refractivity contribution >= 4 is 22.8 Å². The Morgan fingerprint density at radius 1 is 1.12 bits per heavy atom. The summed E-state index contributed by atoms with van der Waals surface area (Å²) in [5.74, 6) is 1.59. The third-order valence-corrected chi connectivity index (χ3v) is 5.73. The van der Waals surface area contributed by atoms with Gasteiger partial charge >= 0.3 is 5.69 Å². The molecule has 6 rings (SSSR count). The molecule has 1 saturated carbocycles. The molecule has 0 aliphatic heterocycles. The number of hydrogen-bond acceptors (Lipinski definition) is 7. The van der Waals surface area contributed by atoms with Gasteiger partial charge in [-0.2, -0.15) is 9.50 Å². The van der Waals surface area contributed by atoms with Crippen LogP contribution in [0.25, 0.3) is 28.4 Å². The molecule has 0 bridgehead atoms. The Kier molecular flexibility index (Phi) is 4.42. The second kappa shape index (κ2) is 7.47. The number of fused-ring (bicyclic) bond motifs is 3. The summed E-state index contributed by atoms with van der Waals surface area (Å²) < 4.78 is 28.9. The molecule has 33 heavy (non-hydrogen) atoms. The molecule has 168 valence electrons. The van der Waals surface area contributed by atoms with E-state index in [1.54, 1.807) is 39.7 Å². The Labute approximate surface area is 186 Å². The van der Waals surface area contributed by atoms with Crippen LogP contribution in [0.3, 0.4) is 0 Å². The van der Waals surface area contributed by atoms with Gasteiger partial charge in [-0.15, -0.1) is 5.10 Å². The van der Waals surface area contributed by atoms with Crippen molar-refractivity contribution in [2.24, 2.45) is 5.92 Å². The van der Waals surface area contributed by atoms with E-state index in [0.29, 0.717) is 46.6 Å². The molecule has 5 aromatic rings. The number of hydrogen-bond donors (Lipinski definition) is 1. The van der Waals surface area contributed by atoms with Crippen LogP contribution in [0.2, 0.25) is 0 Å². The molecule has 1 aromatic carbocycles. The van der Waals surface area contributed by atoms with Gasteiger partial charge in [-0.25, -0.2) is 14.2 Å². The van der Waals surface area contributed by atoms with Gasteiger partial charge in [0.25, 0.3) is 0 Å². The summed E-state index contributed by atoms with van der Waals surface area (Å²) in [7, 11) is 0. The highest BCUT2D eigenvalue weighted by molar-refractivity contribution is 5.88. The van der Waals surface area contributed by atoms with E-state index in [2.05, 4.69) is 15.1 Å². The Morgan fingerprint density at radius 3 is 2.67 bits per heavy atom. The standard InChI is InChI=1S/C22H20FN7O3/c23-14-5-7-15(8-6-14)32-11-9-28-19-17(29(22(28)31)12-13-3-4-13)20-25-18(16-2-1-10-33-16)27-30(20)21(24)26-19/h1-2,5-8,10,13H,3-4,9,11-12H2,(H2,24,26). The van der Waals surface area contributed by atoms with Crippen LogP contribution in [0, 0.1) is 11.7 Å². The Balaban J connectivity index is 1.44. The second-order valence-corrected chi connectivity index (χ2v) is 8.08. The molecule has 1 aliphatic rings. The number of nitrogens with two attached hydrogens (primary N) is 1. The number of imidazole rings is 1. The van der Waals surface area contributed by atoms with Gasteiger partial charge in [0.2, 0.25) is 11.8 Å². The Morgan fingerprint density at radius 2 is 1.94 bits per heavy atom. The van der Waals surface area contributed by atoms with Gasteiger partial charge in [0, 0.05) is 6.54 Å². The Bertz CT molecular complexity index is 1510. The molecule has 1 aliphatic carbocycles. The summed E-state index contributed by atoms with van der Waals surface area (Å²) in [6.45, 7) is 1.02. The zero-order valence-electron chi connectivity index (χ0n) is 17.5.